The van der Waals surface area contributed by atoms with Crippen LogP contribution in [0.4, 0.5) is 0 Å². The fourth-order valence-corrected chi connectivity index (χ4v) is 3.12. The minimum absolute atomic E-state index is 0. The summed E-state index contributed by atoms with van der Waals surface area (Å²) >= 11 is 0. The molecule has 4 heteroatoms. The number of rotatable bonds is 3. The molecule has 1 unspecified atom stereocenters. The van der Waals surface area contributed by atoms with Gasteiger partial charge < -0.3 is 10.6 Å². The van der Waals surface area contributed by atoms with Crippen LogP contribution in [0.25, 0.3) is 10.8 Å². The Balaban J connectivity index is 0.00000176. The first-order valence-corrected chi connectivity index (χ1v) is 7.72. The molecule has 0 saturated carbocycles. The smallest absolute Gasteiger partial charge is 0.226 e. The second-order valence-corrected chi connectivity index (χ2v) is 5.94. The predicted octanol–water partition coefficient (Wildman–Crippen LogP) is 3.00. The summed E-state index contributed by atoms with van der Waals surface area (Å²) in [7, 11) is 0. The number of likely N-dealkylation sites (tertiary alicyclic amines) is 1. The van der Waals surface area contributed by atoms with E-state index in [1.807, 2.05) is 17.0 Å². The minimum atomic E-state index is 0. The summed E-state index contributed by atoms with van der Waals surface area (Å²) in [6, 6.07) is 14.5. The predicted molar refractivity (Wildman–Crippen MR) is 93.3 cm³/mol. The number of nitrogens with two attached hydrogens (primary N) is 1. The Morgan fingerprint density at radius 2 is 1.95 bits per heavy atom. The molecule has 1 fully saturated rings. The Bertz CT molecular complexity index is 644. The summed E-state index contributed by atoms with van der Waals surface area (Å²) in [5.74, 6) is 0.697. The number of carbonyl (C=O) groups is 1. The van der Waals surface area contributed by atoms with Gasteiger partial charge in [0, 0.05) is 13.1 Å². The van der Waals surface area contributed by atoms with Gasteiger partial charge in [0.2, 0.25) is 5.91 Å². The lowest BCUT2D eigenvalue weighted by atomic mass is 9.97. The standard InChI is InChI=1S/C18H22N2O.ClH/c19-12-15-4-3-9-20(13-15)18(21)11-14-7-8-16-5-1-2-6-17(16)10-14;/h1-2,5-8,10,15H,3-4,9,11-13,19H2;1H. The van der Waals surface area contributed by atoms with Gasteiger partial charge in [0.15, 0.2) is 0 Å². The molecule has 0 bridgehead atoms. The van der Waals surface area contributed by atoms with Gasteiger partial charge in [-0.2, -0.15) is 0 Å². The van der Waals surface area contributed by atoms with Gasteiger partial charge in [-0.15, -0.1) is 12.4 Å². The summed E-state index contributed by atoms with van der Waals surface area (Å²) < 4.78 is 0. The third kappa shape index (κ3) is 3.79. The van der Waals surface area contributed by atoms with Crippen molar-refractivity contribution in [3.8, 4) is 0 Å². The van der Waals surface area contributed by atoms with Gasteiger partial charge in [-0.1, -0.05) is 42.5 Å². The average molecular weight is 319 g/mol. The number of piperidine rings is 1. The molecule has 1 heterocycles. The molecule has 0 aromatic heterocycles. The van der Waals surface area contributed by atoms with E-state index in [-0.39, 0.29) is 18.3 Å². The summed E-state index contributed by atoms with van der Waals surface area (Å²) in [6.45, 7) is 2.38. The maximum Gasteiger partial charge on any atom is 0.226 e. The van der Waals surface area contributed by atoms with Crippen molar-refractivity contribution in [1.82, 2.24) is 4.90 Å². The third-order valence-electron chi connectivity index (χ3n) is 4.37. The zero-order valence-corrected chi connectivity index (χ0v) is 13.5. The lowest BCUT2D eigenvalue weighted by Gasteiger charge is -2.32. The number of amides is 1. The maximum atomic E-state index is 12.5. The molecular weight excluding hydrogens is 296 g/mol. The van der Waals surface area contributed by atoms with Crippen LogP contribution in [-0.4, -0.2) is 30.4 Å². The Morgan fingerprint density at radius 1 is 1.18 bits per heavy atom. The van der Waals surface area contributed by atoms with Gasteiger partial charge in [0.1, 0.15) is 0 Å². The lowest BCUT2D eigenvalue weighted by molar-refractivity contribution is -0.132. The van der Waals surface area contributed by atoms with Crippen LogP contribution in [0, 0.1) is 5.92 Å². The molecule has 1 aliphatic heterocycles. The number of hydrogen-bond donors (Lipinski definition) is 1. The summed E-state index contributed by atoms with van der Waals surface area (Å²) in [4.78, 5) is 14.4. The fraction of sp³-hybridized carbons (Fsp3) is 0.389. The molecule has 0 spiro atoms. The number of carbonyl (C=O) groups excluding carboxylic acids is 1. The molecule has 1 saturated heterocycles. The van der Waals surface area contributed by atoms with E-state index in [1.54, 1.807) is 0 Å². The van der Waals surface area contributed by atoms with Crippen LogP contribution in [0.1, 0.15) is 18.4 Å². The number of hydrogen-bond acceptors (Lipinski definition) is 2. The van der Waals surface area contributed by atoms with Gasteiger partial charge in [-0.3, -0.25) is 4.79 Å². The van der Waals surface area contributed by atoms with Crippen molar-refractivity contribution in [2.24, 2.45) is 11.7 Å². The molecule has 0 radical (unpaired) electrons. The number of fused-ring (bicyclic) bond motifs is 1. The molecule has 22 heavy (non-hydrogen) atoms. The van der Waals surface area contributed by atoms with E-state index >= 15 is 0 Å². The third-order valence-corrected chi connectivity index (χ3v) is 4.37. The van der Waals surface area contributed by atoms with Crippen LogP contribution in [0.15, 0.2) is 42.5 Å². The minimum Gasteiger partial charge on any atom is -0.342 e. The topological polar surface area (TPSA) is 46.3 Å². The average Bonchev–Trinajstić information content (AvgIpc) is 2.54. The van der Waals surface area contributed by atoms with Crippen molar-refractivity contribution in [2.75, 3.05) is 19.6 Å². The summed E-state index contributed by atoms with van der Waals surface area (Å²) in [6.07, 6.45) is 2.71. The Hall–Kier alpha value is -1.58. The highest BCUT2D eigenvalue weighted by Crippen LogP contribution is 2.19. The first-order chi connectivity index (χ1) is 10.3. The maximum absolute atomic E-state index is 12.5. The second-order valence-electron chi connectivity index (χ2n) is 5.94. The van der Waals surface area contributed by atoms with Crippen LogP contribution in [-0.2, 0) is 11.2 Å². The van der Waals surface area contributed by atoms with Crippen molar-refractivity contribution >= 4 is 29.1 Å². The number of benzene rings is 2. The van der Waals surface area contributed by atoms with Gasteiger partial charge in [-0.05, 0) is 41.6 Å². The van der Waals surface area contributed by atoms with E-state index < -0.39 is 0 Å². The molecule has 2 N–H and O–H groups in total. The van der Waals surface area contributed by atoms with Crippen molar-refractivity contribution in [1.29, 1.82) is 0 Å². The second kappa shape index (κ2) is 7.61. The molecule has 1 amide bonds. The molecule has 1 aliphatic rings. The molecule has 3 nitrogen and oxygen atoms in total. The van der Waals surface area contributed by atoms with Crippen LogP contribution < -0.4 is 5.73 Å². The molecular formula is C18H23ClN2O. The van der Waals surface area contributed by atoms with E-state index in [9.17, 15) is 4.79 Å². The highest BCUT2D eigenvalue weighted by Gasteiger charge is 2.22. The molecule has 0 aliphatic carbocycles. The highest BCUT2D eigenvalue weighted by atomic mass is 35.5. The van der Waals surface area contributed by atoms with Crippen LogP contribution in [0.3, 0.4) is 0 Å². The van der Waals surface area contributed by atoms with E-state index in [0.29, 0.717) is 18.9 Å². The quantitative estimate of drug-likeness (QED) is 0.945. The van der Waals surface area contributed by atoms with E-state index in [1.165, 1.54) is 10.8 Å². The van der Waals surface area contributed by atoms with Gasteiger partial charge in [0.25, 0.3) is 0 Å². The Labute approximate surface area is 137 Å². The van der Waals surface area contributed by atoms with E-state index in [4.69, 9.17) is 5.73 Å². The molecule has 1 atom stereocenters. The monoisotopic (exact) mass is 318 g/mol. The zero-order chi connectivity index (χ0) is 14.7. The Morgan fingerprint density at radius 3 is 2.73 bits per heavy atom. The van der Waals surface area contributed by atoms with E-state index in [2.05, 4.69) is 30.3 Å². The van der Waals surface area contributed by atoms with E-state index in [0.717, 1.165) is 31.5 Å². The van der Waals surface area contributed by atoms with Crippen LogP contribution in [0.2, 0.25) is 0 Å². The van der Waals surface area contributed by atoms with Crippen LogP contribution >= 0.6 is 12.4 Å². The van der Waals surface area contributed by atoms with Crippen molar-refractivity contribution in [3.05, 3.63) is 48.0 Å². The number of nitrogens with zero attached hydrogens (tertiary/aromatic N) is 1. The SMILES string of the molecule is Cl.NCC1CCCN(C(=O)Cc2ccc3ccccc3c2)C1. The van der Waals surface area contributed by atoms with Crippen LogP contribution in [0.5, 0.6) is 0 Å². The van der Waals surface area contributed by atoms with Gasteiger partial charge >= 0.3 is 0 Å². The lowest BCUT2D eigenvalue weighted by Crippen LogP contribution is -2.42. The Kier molecular flexibility index (Phi) is 5.81. The molecule has 2 aromatic rings. The first kappa shape index (κ1) is 16.8. The summed E-state index contributed by atoms with van der Waals surface area (Å²) in [5.41, 5.74) is 6.83. The molecule has 2 aromatic carbocycles. The van der Waals surface area contributed by atoms with Crippen molar-refractivity contribution in [3.63, 3.8) is 0 Å². The first-order valence-electron chi connectivity index (χ1n) is 7.72. The van der Waals surface area contributed by atoms with Gasteiger partial charge in [-0.25, -0.2) is 0 Å². The largest absolute Gasteiger partial charge is 0.342 e. The van der Waals surface area contributed by atoms with Gasteiger partial charge in [0.05, 0.1) is 6.42 Å². The summed E-state index contributed by atoms with van der Waals surface area (Å²) in [5, 5.41) is 2.41. The number of halogens is 1. The fourth-order valence-electron chi connectivity index (χ4n) is 3.12. The van der Waals surface area contributed by atoms with Crippen molar-refractivity contribution in [2.45, 2.75) is 19.3 Å². The molecule has 118 valence electrons. The van der Waals surface area contributed by atoms with Crippen molar-refractivity contribution < 1.29 is 4.79 Å². The zero-order valence-electron chi connectivity index (χ0n) is 12.7. The molecule has 3 rings (SSSR count). The highest BCUT2D eigenvalue weighted by molar-refractivity contribution is 5.86. The normalized spacial score (nSPS) is 18.0.